The third kappa shape index (κ3) is 2.12. The number of hydrogen-bond acceptors (Lipinski definition) is 4. The van der Waals surface area contributed by atoms with Gasteiger partial charge in [0.2, 0.25) is 0 Å². The molecule has 0 aliphatic rings. The zero-order valence-corrected chi connectivity index (χ0v) is 7.93. The summed E-state index contributed by atoms with van der Waals surface area (Å²) in [5.41, 5.74) is 0.835. The van der Waals surface area contributed by atoms with Gasteiger partial charge >= 0.3 is 0 Å². The fraction of sp³-hybridized carbons (Fsp3) is 0.500. The normalized spacial score (nSPS) is 12.8. The second-order valence-corrected chi connectivity index (χ2v) is 3.47. The maximum absolute atomic E-state index is 10.4. The number of thiazole rings is 1. The number of aldehydes is 1. The van der Waals surface area contributed by atoms with Gasteiger partial charge in [0.05, 0.1) is 18.2 Å². The second-order valence-electron chi connectivity index (χ2n) is 2.52. The first-order valence-electron chi connectivity index (χ1n) is 3.66. The van der Waals surface area contributed by atoms with Crippen LogP contribution in [0, 0.1) is 0 Å². The van der Waals surface area contributed by atoms with Gasteiger partial charge < -0.3 is 9.53 Å². The summed E-state index contributed by atoms with van der Waals surface area (Å²) in [6.45, 7) is 2.36. The number of carbonyl (C=O) groups excluding carboxylic acids is 1. The van der Waals surface area contributed by atoms with Crippen molar-refractivity contribution in [3.05, 3.63) is 16.1 Å². The summed E-state index contributed by atoms with van der Waals surface area (Å²) in [5, 5.41) is 2.81. The summed E-state index contributed by atoms with van der Waals surface area (Å²) in [4.78, 5) is 14.6. The van der Waals surface area contributed by atoms with E-state index in [0.29, 0.717) is 6.61 Å². The van der Waals surface area contributed by atoms with E-state index in [1.807, 2.05) is 12.3 Å². The third-order valence-electron chi connectivity index (χ3n) is 1.51. The third-order valence-corrected chi connectivity index (χ3v) is 2.35. The van der Waals surface area contributed by atoms with Crippen LogP contribution in [-0.4, -0.2) is 18.4 Å². The Hall–Kier alpha value is -0.740. The van der Waals surface area contributed by atoms with Gasteiger partial charge in [-0.3, -0.25) is 0 Å². The number of aromatic nitrogens is 1. The first kappa shape index (κ1) is 9.35. The average Bonchev–Trinajstić information content (AvgIpc) is 2.52. The molecule has 1 atom stereocenters. The molecule has 0 N–H and O–H groups in total. The van der Waals surface area contributed by atoms with E-state index in [0.717, 1.165) is 17.0 Å². The molecule has 4 heteroatoms. The molecule has 0 spiro atoms. The van der Waals surface area contributed by atoms with Crippen LogP contribution in [0.4, 0.5) is 0 Å². The number of nitrogens with zero attached hydrogens (tertiary/aromatic N) is 1. The minimum Gasteiger partial charge on any atom is -0.378 e. The Morgan fingerprint density at radius 2 is 2.58 bits per heavy atom. The Morgan fingerprint density at radius 1 is 1.83 bits per heavy atom. The van der Waals surface area contributed by atoms with E-state index in [1.165, 1.54) is 11.3 Å². The molecule has 1 unspecified atom stereocenters. The van der Waals surface area contributed by atoms with Crippen molar-refractivity contribution in [2.75, 3.05) is 7.11 Å². The van der Waals surface area contributed by atoms with Crippen molar-refractivity contribution >= 4 is 17.6 Å². The van der Waals surface area contributed by atoms with Crippen molar-refractivity contribution in [1.29, 1.82) is 0 Å². The van der Waals surface area contributed by atoms with Crippen LogP contribution in [0.3, 0.4) is 0 Å². The van der Waals surface area contributed by atoms with Gasteiger partial charge in [0.1, 0.15) is 11.3 Å². The van der Waals surface area contributed by atoms with Gasteiger partial charge in [0.25, 0.3) is 0 Å². The van der Waals surface area contributed by atoms with Gasteiger partial charge in [-0.05, 0) is 0 Å². The molecule has 3 nitrogen and oxygen atoms in total. The molecular formula is C8H11NO2S. The van der Waals surface area contributed by atoms with Crippen molar-refractivity contribution in [3.8, 4) is 0 Å². The average molecular weight is 185 g/mol. The summed E-state index contributed by atoms with van der Waals surface area (Å²) >= 11 is 1.52. The first-order valence-corrected chi connectivity index (χ1v) is 4.54. The van der Waals surface area contributed by atoms with Crippen LogP contribution in [0.1, 0.15) is 23.5 Å². The Morgan fingerprint density at radius 3 is 3.17 bits per heavy atom. The molecule has 12 heavy (non-hydrogen) atoms. The summed E-state index contributed by atoms with van der Waals surface area (Å²) in [5.74, 6) is -0.105. The van der Waals surface area contributed by atoms with Gasteiger partial charge in [-0.1, -0.05) is 6.92 Å². The van der Waals surface area contributed by atoms with Crippen molar-refractivity contribution < 1.29 is 9.53 Å². The summed E-state index contributed by atoms with van der Waals surface area (Å²) in [6, 6.07) is 0. The molecule has 0 saturated heterocycles. The van der Waals surface area contributed by atoms with Crippen molar-refractivity contribution in [1.82, 2.24) is 4.98 Å². The Kier molecular flexibility index (Phi) is 3.37. The molecule has 0 saturated carbocycles. The summed E-state index contributed by atoms with van der Waals surface area (Å²) < 4.78 is 4.91. The minimum atomic E-state index is -0.105. The van der Waals surface area contributed by atoms with E-state index >= 15 is 0 Å². The highest BCUT2D eigenvalue weighted by molar-refractivity contribution is 7.09. The molecule has 66 valence electrons. The largest absolute Gasteiger partial charge is 0.378 e. The van der Waals surface area contributed by atoms with E-state index in [-0.39, 0.29) is 5.92 Å². The quantitative estimate of drug-likeness (QED) is 0.669. The van der Waals surface area contributed by atoms with Crippen LogP contribution < -0.4 is 0 Å². The zero-order valence-electron chi connectivity index (χ0n) is 7.11. The second kappa shape index (κ2) is 4.33. The lowest BCUT2D eigenvalue weighted by Crippen LogP contribution is -1.95. The van der Waals surface area contributed by atoms with Crippen LogP contribution >= 0.6 is 11.3 Å². The molecule has 0 aliphatic carbocycles. The van der Waals surface area contributed by atoms with Crippen LogP contribution in [0.5, 0.6) is 0 Å². The number of rotatable bonds is 4. The summed E-state index contributed by atoms with van der Waals surface area (Å²) in [6.07, 6.45) is 0.894. The predicted octanol–water partition coefficient (Wildman–Crippen LogP) is 1.59. The molecule has 1 aromatic heterocycles. The topological polar surface area (TPSA) is 39.2 Å². The lowest BCUT2D eigenvalue weighted by atomic mass is 10.1. The maximum Gasteiger partial charge on any atom is 0.128 e. The first-order chi connectivity index (χ1) is 5.77. The minimum absolute atomic E-state index is 0.105. The molecule has 1 rings (SSSR count). The lowest BCUT2D eigenvalue weighted by molar-refractivity contribution is -0.108. The van der Waals surface area contributed by atoms with Crippen molar-refractivity contribution in [2.24, 2.45) is 0 Å². The van der Waals surface area contributed by atoms with E-state index in [4.69, 9.17) is 4.74 Å². The van der Waals surface area contributed by atoms with E-state index in [1.54, 1.807) is 7.11 Å². The van der Waals surface area contributed by atoms with Crippen LogP contribution in [-0.2, 0) is 16.1 Å². The number of hydrogen-bond donors (Lipinski definition) is 0. The fourth-order valence-corrected chi connectivity index (χ4v) is 1.66. The van der Waals surface area contributed by atoms with Gasteiger partial charge in [-0.25, -0.2) is 4.98 Å². The zero-order chi connectivity index (χ0) is 8.97. The molecule has 0 aromatic carbocycles. The molecule has 1 heterocycles. The highest BCUT2D eigenvalue weighted by Crippen LogP contribution is 2.16. The number of ether oxygens (including phenoxy) is 1. The van der Waals surface area contributed by atoms with Crippen LogP contribution in [0.2, 0.25) is 0 Å². The Labute approximate surface area is 75.4 Å². The Bertz CT molecular complexity index is 259. The summed E-state index contributed by atoms with van der Waals surface area (Å²) in [7, 11) is 1.63. The SMILES string of the molecule is COCc1nc(C(C)C=O)cs1. The molecule has 0 amide bonds. The van der Waals surface area contributed by atoms with E-state index < -0.39 is 0 Å². The highest BCUT2D eigenvalue weighted by atomic mass is 32.1. The number of methoxy groups -OCH3 is 1. The molecular weight excluding hydrogens is 174 g/mol. The van der Waals surface area contributed by atoms with Gasteiger partial charge in [0, 0.05) is 12.5 Å². The van der Waals surface area contributed by atoms with Crippen molar-refractivity contribution in [2.45, 2.75) is 19.4 Å². The van der Waals surface area contributed by atoms with Crippen molar-refractivity contribution in [3.63, 3.8) is 0 Å². The number of carbonyl (C=O) groups is 1. The molecule has 0 bridgehead atoms. The van der Waals surface area contributed by atoms with E-state index in [9.17, 15) is 4.79 Å². The molecule has 0 radical (unpaired) electrons. The smallest absolute Gasteiger partial charge is 0.128 e. The van der Waals surface area contributed by atoms with Gasteiger partial charge in [-0.2, -0.15) is 0 Å². The Balaban J connectivity index is 2.69. The lowest BCUT2D eigenvalue weighted by Gasteiger charge is -1.95. The molecule has 1 aromatic rings. The van der Waals surface area contributed by atoms with Crippen LogP contribution in [0.15, 0.2) is 5.38 Å². The standard InChI is InChI=1S/C8H11NO2S/c1-6(3-10)7-5-12-8(9-7)4-11-2/h3,5-6H,4H2,1-2H3. The predicted molar refractivity (Wildman–Crippen MR) is 47.3 cm³/mol. The maximum atomic E-state index is 10.4. The van der Waals surface area contributed by atoms with E-state index in [2.05, 4.69) is 4.98 Å². The monoisotopic (exact) mass is 185 g/mol. The fourth-order valence-electron chi connectivity index (χ4n) is 0.794. The van der Waals surface area contributed by atoms with Gasteiger partial charge in [0.15, 0.2) is 0 Å². The molecule has 0 fully saturated rings. The highest BCUT2D eigenvalue weighted by Gasteiger charge is 2.07. The van der Waals surface area contributed by atoms with Gasteiger partial charge in [-0.15, -0.1) is 11.3 Å². The molecule has 0 aliphatic heterocycles. The van der Waals surface area contributed by atoms with Crippen LogP contribution in [0.25, 0.3) is 0 Å².